The van der Waals surface area contributed by atoms with Gasteiger partial charge < -0.3 is 10.4 Å². The molecule has 2 aromatic carbocycles. The van der Waals surface area contributed by atoms with E-state index < -0.39 is 5.97 Å². The molecule has 2 N–H and O–H groups in total. The van der Waals surface area contributed by atoms with E-state index in [2.05, 4.69) is 39.5 Å². The molecule has 0 amide bonds. The number of fused-ring (bicyclic) bond motifs is 3. The van der Waals surface area contributed by atoms with Crippen LogP contribution >= 0.6 is 27.5 Å². The Balaban J connectivity index is 1.85. The third-order valence-electron chi connectivity index (χ3n) is 4.91. The number of halogens is 2. The third-order valence-corrected chi connectivity index (χ3v) is 5.88. The topological polar surface area (TPSA) is 49.3 Å². The Labute approximate surface area is 153 Å². The largest absolute Gasteiger partial charge is 0.478 e. The highest BCUT2D eigenvalue weighted by atomic mass is 79.9. The monoisotopic (exact) mass is 403 g/mol. The lowest BCUT2D eigenvalue weighted by atomic mass is 9.76. The van der Waals surface area contributed by atoms with Gasteiger partial charge in [-0.25, -0.2) is 4.79 Å². The number of carboxylic acids is 1. The maximum Gasteiger partial charge on any atom is 0.335 e. The van der Waals surface area contributed by atoms with Crippen LogP contribution in [-0.2, 0) is 0 Å². The fourth-order valence-electron chi connectivity index (χ4n) is 3.81. The van der Waals surface area contributed by atoms with Gasteiger partial charge in [0.05, 0.1) is 17.3 Å². The SMILES string of the molecule is O=C(O)c1cc(Br)c2c(c1)[C@@H]1C=CC[C@H]1[C@@H](c1ccccc1Cl)N2. The van der Waals surface area contributed by atoms with E-state index in [0.29, 0.717) is 11.5 Å². The average Bonchev–Trinajstić information content (AvgIpc) is 3.05. The predicted octanol–water partition coefficient (Wildman–Crippen LogP) is 5.63. The molecule has 0 saturated heterocycles. The van der Waals surface area contributed by atoms with Gasteiger partial charge in [-0.3, -0.25) is 0 Å². The van der Waals surface area contributed by atoms with E-state index in [1.54, 1.807) is 12.1 Å². The van der Waals surface area contributed by atoms with Gasteiger partial charge in [0.2, 0.25) is 0 Å². The van der Waals surface area contributed by atoms with Crippen LogP contribution in [0, 0.1) is 5.92 Å². The van der Waals surface area contributed by atoms with E-state index in [1.807, 2.05) is 18.2 Å². The van der Waals surface area contributed by atoms with Gasteiger partial charge in [-0.2, -0.15) is 0 Å². The van der Waals surface area contributed by atoms with E-state index in [1.165, 1.54) is 0 Å². The summed E-state index contributed by atoms with van der Waals surface area (Å²) in [5.41, 5.74) is 3.37. The molecule has 1 aliphatic heterocycles. The van der Waals surface area contributed by atoms with E-state index in [0.717, 1.165) is 32.7 Å². The van der Waals surface area contributed by atoms with Gasteiger partial charge in [-0.1, -0.05) is 42.0 Å². The molecule has 0 spiro atoms. The Hall–Kier alpha value is -1.78. The number of aromatic carboxylic acids is 1. The van der Waals surface area contributed by atoms with Crippen molar-refractivity contribution in [2.45, 2.75) is 18.4 Å². The molecule has 0 bridgehead atoms. The molecule has 0 aromatic heterocycles. The summed E-state index contributed by atoms with van der Waals surface area (Å²) >= 11 is 9.97. The lowest BCUT2D eigenvalue weighted by Crippen LogP contribution is -2.29. The summed E-state index contributed by atoms with van der Waals surface area (Å²) in [6, 6.07) is 11.4. The van der Waals surface area contributed by atoms with Crippen molar-refractivity contribution in [3.8, 4) is 0 Å². The van der Waals surface area contributed by atoms with Gasteiger partial charge in [0.15, 0.2) is 0 Å². The molecule has 3 nitrogen and oxygen atoms in total. The molecular formula is C19H15BrClNO2. The highest BCUT2D eigenvalue weighted by molar-refractivity contribution is 9.10. The molecule has 0 radical (unpaired) electrons. The third kappa shape index (κ3) is 2.45. The van der Waals surface area contributed by atoms with Crippen LogP contribution in [0.1, 0.15) is 39.9 Å². The van der Waals surface area contributed by atoms with Crippen molar-refractivity contribution in [2.75, 3.05) is 5.32 Å². The molecule has 24 heavy (non-hydrogen) atoms. The van der Waals surface area contributed by atoms with Crippen LogP contribution in [0.4, 0.5) is 5.69 Å². The van der Waals surface area contributed by atoms with Gasteiger partial charge in [0.25, 0.3) is 0 Å². The van der Waals surface area contributed by atoms with Crippen LogP contribution in [0.5, 0.6) is 0 Å². The van der Waals surface area contributed by atoms with Crippen molar-refractivity contribution in [1.82, 2.24) is 0 Å². The van der Waals surface area contributed by atoms with Crippen molar-refractivity contribution in [1.29, 1.82) is 0 Å². The molecule has 122 valence electrons. The summed E-state index contributed by atoms with van der Waals surface area (Å²) in [4.78, 5) is 11.4. The lowest BCUT2D eigenvalue weighted by molar-refractivity contribution is 0.0696. The smallest absolute Gasteiger partial charge is 0.335 e. The molecule has 1 aliphatic carbocycles. The zero-order valence-electron chi connectivity index (χ0n) is 12.7. The van der Waals surface area contributed by atoms with Crippen LogP contribution in [0.2, 0.25) is 5.02 Å². The number of benzene rings is 2. The van der Waals surface area contributed by atoms with Crippen LogP contribution < -0.4 is 5.32 Å². The molecule has 4 rings (SSSR count). The highest BCUT2D eigenvalue weighted by Crippen LogP contribution is 2.52. The maximum atomic E-state index is 11.4. The van der Waals surface area contributed by atoms with Gasteiger partial charge in [-0.05, 0) is 57.6 Å². The van der Waals surface area contributed by atoms with Crippen LogP contribution in [0.25, 0.3) is 0 Å². The van der Waals surface area contributed by atoms with Crippen LogP contribution in [0.3, 0.4) is 0 Å². The Morgan fingerprint density at radius 2 is 2.04 bits per heavy atom. The van der Waals surface area contributed by atoms with Gasteiger partial charge in [0, 0.05) is 15.4 Å². The zero-order valence-corrected chi connectivity index (χ0v) is 15.0. The maximum absolute atomic E-state index is 11.4. The summed E-state index contributed by atoms with van der Waals surface area (Å²) in [6.45, 7) is 0. The number of hydrogen-bond donors (Lipinski definition) is 2. The summed E-state index contributed by atoms with van der Waals surface area (Å²) < 4.78 is 0.771. The number of rotatable bonds is 2. The molecule has 2 aliphatic rings. The molecule has 5 heteroatoms. The predicted molar refractivity (Wildman–Crippen MR) is 98.9 cm³/mol. The second kappa shape index (κ2) is 5.94. The van der Waals surface area contributed by atoms with Crippen molar-refractivity contribution >= 4 is 39.2 Å². The first-order valence-electron chi connectivity index (χ1n) is 7.80. The quantitative estimate of drug-likeness (QED) is 0.638. The standard InChI is InChI=1S/C19H15BrClNO2/c20-15-9-10(19(23)24)8-14-11-5-3-6-12(11)17(22-18(14)15)13-4-1-2-7-16(13)21/h1-5,7-9,11-12,17,22H,6H2,(H,23,24)/t11-,12-,17+/m1/s1. The van der Waals surface area contributed by atoms with Gasteiger partial charge in [0.1, 0.15) is 0 Å². The molecule has 2 aromatic rings. The van der Waals surface area contributed by atoms with Crippen molar-refractivity contribution in [2.24, 2.45) is 5.92 Å². The van der Waals surface area contributed by atoms with Crippen molar-refractivity contribution in [3.05, 3.63) is 74.7 Å². The normalized spacial score (nSPS) is 24.2. The first-order valence-corrected chi connectivity index (χ1v) is 8.97. The summed E-state index contributed by atoms with van der Waals surface area (Å²) in [5, 5.41) is 13.7. The fourth-order valence-corrected chi connectivity index (χ4v) is 4.66. The van der Waals surface area contributed by atoms with E-state index >= 15 is 0 Å². The van der Waals surface area contributed by atoms with Crippen molar-refractivity contribution in [3.63, 3.8) is 0 Å². The first-order chi connectivity index (χ1) is 11.6. The Morgan fingerprint density at radius 1 is 1.25 bits per heavy atom. The first kappa shape index (κ1) is 15.7. The summed E-state index contributed by atoms with van der Waals surface area (Å²) in [7, 11) is 0. The summed E-state index contributed by atoms with van der Waals surface area (Å²) in [5.74, 6) is -0.392. The molecule has 3 atom stereocenters. The minimum atomic E-state index is -0.912. The molecule has 1 heterocycles. The number of nitrogens with one attached hydrogen (secondary N) is 1. The summed E-state index contributed by atoms with van der Waals surface area (Å²) in [6.07, 6.45) is 5.31. The Morgan fingerprint density at radius 3 is 2.79 bits per heavy atom. The number of carboxylic acid groups (broad SMARTS) is 1. The molecule has 0 unspecified atom stereocenters. The minimum absolute atomic E-state index is 0.0955. The zero-order chi connectivity index (χ0) is 16.8. The van der Waals surface area contributed by atoms with Crippen molar-refractivity contribution < 1.29 is 9.90 Å². The van der Waals surface area contributed by atoms with Crippen LogP contribution in [0.15, 0.2) is 53.0 Å². The number of carbonyl (C=O) groups is 1. The highest BCUT2D eigenvalue weighted by Gasteiger charge is 2.39. The molecule has 0 fully saturated rings. The molecule has 0 saturated carbocycles. The lowest BCUT2D eigenvalue weighted by Gasteiger charge is -2.38. The number of allylic oxidation sites excluding steroid dienone is 2. The fraction of sp³-hybridized carbons (Fsp3) is 0.211. The van der Waals surface area contributed by atoms with E-state index in [4.69, 9.17) is 11.6 Å². The number of hydrogen-bond acceptors (Lipinski definition) is 2. The Bertz CT molecular complexity index is 864. The average molecular weight is 405 g/mol. The minimum Gasteiger partial charge on any atom is -0.478 e. The van der Waals surface area contributed by atoms with Crippen LogP contribution in [-0.4, -0.2) is 11.1 Å². The Kier molecular flexibility index (Phi) is 3.89. The molecular weight excluding hydrogens is 390 g/mol. The second-order valence-corrected chi connectivity index (χ2v) is 7.49. The van der Waals surface area contributed by atoms with Gasteiger partial charge >= 0.3 is 5.97 Å². The number of anilines is 1. The van der Waals surface area contributed by atoms with E-state index in [9.17, 15) is 9.90 Å². The van der Waals surface area contributed by atoms with E-state index in [-0.39, 0.29) is 12.0 Å². The van der Waals surface area contributed by atoms with Gasteiger partial charge in [-0.15, -0.1) is 0 Å². The second-order valence-electron chi connectivity index (χ2n) is 6.22.